The van der Waals surface area contributed by atoms with Gasteiger partial charge in [-0.15, -0.1) is 16.4 Å². The molecule has 158 valence electrons. The van der Waals surface area contributed by atoms with E-state index in [4.69, 9.17) is 0 Å². The number of aromatic nitrogens is 3. The van der Waals surface area contributed by atoms with Crippen LogP contribution in [0.15, 0.2) is 29.1 Å². The minimum atomic E-state index is -0.754. The number of carbonyl (C=O) groups excluding carboxylic acids is 1. The van der Waals surface area contributed by atoms with Crippen LogP contribution >= 0.6 is 11.3 Å². The molecule has 0 spiro atoms. The van der Waals surface area contributed by atoms with Gasteiger partial charge in [-0.25, -0.2) is 0 Å². The quantitative estimate of drug-likeness (QED) is 0.671. The molecule has 1 aliphatic rings. The lowest BCUT2D eigenvalue weighted by atomic mass is 9.72. The van der Waals surface area contributed by atoms with Gasteiger partial charge in [-0.3, -0.25) is 9.59 Å². The first-order valence-electron chi connectivity index (χ1n) is 10.4. The number of nitrogens with one attached hydrogen (secondary N) is 1. The normalized spacial score (nSPS) is 17.6. The van der Waals surface area contributed by atoms with E-state index < -0.39 is 6.04 Å². The van der Waals surface area contributed by atoms with Crippen LogP contribution in [-0.4, -0.2) is 20.9 Å². The highest BCUT2D eigenvalue weighted by Crippen LogP contribution is 2.41. The van der Waals surface area contributed by atoms with Crippen LogP contribution in [0, 0.1) is 18.3 Å². The summed E-state index contributed by atoms with van der Waals surface area (Å²) in [6.45, 7) is 10.4. The molecule has 1 aromatic carbocycles. The van der Waals surface area contributed by atoms with Crippen molar-refractivity contribution in [3.8, 4) is 0 Å². The molecule has 2 atom stereocenters. The fourth-order valence-electron chi connectivity index (χ4n) is 4.16. The van der Waals surface area contributed by atoms with Crippen molar-refractivity contribution in [1.29, 1.82) is 0 Å². The number of amides is 1. The fourth-order valence-corrected chi connectivity index (χ4v) is 5.40. The van der Waals surface area contributed by atoms with Crippen LogP contribution in [0.2, 0.25) is 0 Å². The summed E-state index contributed by atoms with van der Waals surface area (Å²) in [5, 5.41) is 12.0. The zero-order valence-corrected chi connectivity index (χ0v) is 19.0. The van der Waals surface area contributed by atoms with E-state index in [-0.39, 0.29) is 16.9 Å². The SMILES string of the molecule is Cc1ccccc1NC(=O)C(C)n1nnc2sc3c(c2c1=O)CCC(C(C)(C)C)C3. The first-order chi connectivity index (χ1) is 14.2. The van der Waals surface area contributed by atoms with Gasteiger partial charge in [-0.2, -0.15) is 4.68 Å². The molecule has 0 radical (unpaired) electrons. The van der Waals surface area contributed by atoms with E-state index in [1.165, 1.54) is 9.56 Å². The molecule has 3 aromatic rings. The van der Waals surface area contributed by atoms with E-state index in [0.29, 0.717) is 16.1 Å². The molecule has 30 heavy (non-hydrogen) atoms. The van der Waals surface area contributed by atoms with Crippen molar-refractivity contribution in [2.75, 3.05) is 5.32 Å². The third kappa shape index (κ3) is 3.67. The minimum Gasteiger partial charge on any atom is -0.324 e. The van der Waals surface area contributed by atoms with Gasteiger partial charge in [0, 0.05) is 10.6 Å². The maximum Gasteiger partial charge on any atom is 0.279 e. The topological polar surface area (TPSA) is 76.9 Å². The van der Waals surface area contributed by atoms with Gasteiger partial charge in [0.05, 0.1) is 5.39 Å². The molecule has 6 nitrogen and oxygen atoms in total. The molecule has 2 aromatic heterocycles. The Kier molecular flexibility index (Phi) is 5.26. The summed E-state index contributed by atoms with van der Waals surface area (Å²) in [6.07, 6.45) is 2.91. The standard InChI is InChI=1S/C23H28N4O2S/c1-13-8-6-7-9-17(13)24-20(28)14(2)27-22(29)19-16-11-10-15(23(3,4)5)12-18(16)30-21(19)25-26-27/h6-9,14-15H,10-12H2,1-5H3,(H,24,28). The second kappa shape index (κ2) is 7.61. The van der Waals surface area contributed by atoms with Crippen molar-refractivity contribution < 1.29 is 4.79 Å². The molecule has 0 aliphatic heterocycles. The second-order valence-electron chi connectivity index (χ2n) is 9.31. The fraction of sp³-hybridized carbons (Fsp3) is 0.478. The average Bonchev–Trinajstić information content (AvgIpc) is 3.07. The van der Waals surface area contributed by atoms with Gasteiger partial charge in [0.1, 0.15) is 6.04 Å². The van der Waals surface area contributed by atoms with E-state index in [2.05, 4.69) is 36.4 Å². The molecule has 7 heteroatoms. The molecule has 0 bridgehead atoms. The number of nitrogens with zero attached hydrogens (tertiary/aromatic N) is 3. The number of thiophene rings is 1. The third-order valence-electron chi connectivity index (χ3n) is 6.27. The van der Waals surface area contributed by atoms with Crippen LogP contribution in [0.1, 0.15) is 56.2 Å². The van der Waals surface area contributed by atoms with Crippen LogP contribution in [0.5, 0.6) is 0 Å². The number of aryl methyl sites for hydroxylation is 2. The van der Waals surface area contributed by atoms with E-state index >= 15 is 0 Å². The molecule has 2 unspecified atom stereocenters. The molecular weight excluding hydrogens is 396 g/mol. The summed E-state index contributed by atoms with van der Waals surface area (Å²) in [7, 11) is 0. The predicted molar refractivity (Wildman–Crippen MR) is 121 cm³/mol. The van der Waals surface area contributed by atoms with E-state index in [9.17, 15) is 9.59 Å². The van der Waals surface area contributed by atoms with Crippen molar-refractivity contribution in [3.63, 3.8) is 0 Å². The smallest absolute Gasteiger partial charge is 0.279 e. The molecule has 1 amide bonds. The zero-order chi connectivity index (χ0) is 21.6. The molecule has 4 rings (SSSR count). The summed E-state index contributed by atoms with van der Waals surface area (Å²) in [5.74, 6) is 0.309. The number of hydrogen-bond donors (Lipinski definition) is 1. The molecule has 0 fully saturated rings. The number of carbonyl (C=O) groups is 1. The maximum atomic E-state index is 13.3. The lowest BCUT2D eigenvalue weighted by Gasteiger charge is -2.33. The van der Waals surface area contributed by atoms with E-state index in [1.807, 2.05) is 31.2 Å². The molecule has 1 N–H and O–H groups in total. The molecule has 2 heterocycles. The number of benzene rings is 1. The maximum absolute atomic E-state index is 13.3. The molecule has 1 aliphatic carbocycles. The monoisotopic (exact) mass is 424 g/mol. The van der Waals surface area contributed by atoms with E-state index in [0.717, 1.165) is 36.1 Å². The Balaban J connectivity index is 1.66. The van der Waals surface area contributed by atoms with Crippen molar-refractivity contribution >= 4 is 33.1 Å². The Hall–Kier alpha value is -2.54. The summed E-state index contributed by atoms with van der Waals surface area (Å²) in [4.78, 5) is 28.0. The number of anilines is 1. The number of fused-ring (bicyclic) bond motifs is 3. The third-order valence-corrected chi connectivity index (χ3v) is 7.41. The highest BCUT2D eigenvalue weighted by Gasteiger charge is 2.32. The number of rotatable bonds is 3. The largest absolute Gasteiger partial charge is 0.324 e. The van der Waals surface area contributed by atoms with Crippen molar-refractivity contribution in [2.45, 2.75) is 59.9 Å². The van der Waals surface area contributed by atoms with Crippen LogP contribution in [0.3, 0.4) is 0 Å². The van der Waals surface area contributed by atoms with Crippen LogP contribution in [-0.2, 0) is 17.6 Å². The summed E-state index contributed by atoms with van der Waals surface area (Å²) < 4.78 is 1.22. The molecule has 0 saturated heterocycles. The lowest BCUT2D eigenvalue weighted by molar-refractivity contribution is -0.119. The van der Waals surface area contributed by atoms with E-state index in [1.54, 1.807) is 18.3 Å². The Morgan fingerprint density at radius 1 is 1.30 bits per heavy atom. The van der Waals surface area contributed by atoms with Gasteiger partial charge < -0.3 is 5.32 Å². The van der Waals surface area contributed by atoms with Crippen LogP contribution in [0.25, 0.3) is 10.2 Å². The van der Waals surface area contributed by atoms with Gasteiger partial charge in [-0.05, 0) is 61.6 Å². The van der Waals surface area contributed by atoms with Crippen molar-refractivity contribution in [1.82, 2.24) is 15.0 Å². The second-order valence-corrected chi connectivity index (χ2v) is 10.4. The van der Waals surface area contributed by atoms with Gasteiger partial charge in [-0.1, -0.05) is 44.2 Å². The first-order valence-corrected chi connectivity index (χ1v) is 11.2. The number of hydrogen-bond acceptors (Lipinski definition) is 5. The average molecular weight is 425 g/mol. The lowest BCUT2D eigenvalue weighted by Crippen LogP contribution is -2.34. The summed E-state index contributed by atoms with van der Waals surface area (Å²) in [6, 6.07) is 6.81. The van der Waals surface area contributed by atoms with Gasteiger partial charge in [0.25, 0.3) is 5.56 Å². The van der Waals surface area contributed by atoms with Crippen molar-refractivity contribution in [2.24, 2.45) is 11.3 Å². The van der Waals surface area contributed by atoms with Gasteiger partial charge >= 0.3 is 0 Å². The van der Waals surface area contributed by atoms with Crippen molar-refractivity contribution in [3.05, 3.63) is 50.6 Å². The van der Waals surface area contributed by atoms with Gasteiger partial charge in [0.15, 0.2) is 4.83 Å². The summed E-state index contributed by atoms with van der Waals surface area (Å²) in [5.41, 5.74) is 2.82. The zero-order valence-electron chi connectivity index (χ0n) is 18.2. The van der Waals surface area contributed by atoms with Crippen LogP contribution in [0.4, 0.5) is 5.69 Å². The Bertz CT molecular complexity index is 1170. The molecular formula is C23H28N4O2S. The highest BCUT2D eigenvalue weighted by atomic mass is 32.1. The van der Waals surface area contributed by atoms with Crippen LogP contribution < -0.4 is 10.9 Å². The van der Waals surface area contributed by atoms with Gasteiger partial charge in [0.2, 0.25) is 5.91 Å². The summed E-state index contributed by atoms with van der Waals surface area (Å²) >= 11 is 1.58. The minimum absolute atomic E-state index is 0.223. The Labute approximate surface area is 180 Å². The Morgan fingerprint density at radius 3 is 2.73 bits per heavy atom. The molecule has 0 saturated carbocycles. The Morgan fingerprint density at radius 2 is 2.03 bits per heavy atom. The first kappa shape index (κ1) is 20.7. The number of para-hydroxylation sites is 1. The highest BCUT2D eigenvalue weighted by molar-refractivity contribution is 7.18. The predicted octanol–water partition coefficient (Wildman–Crippen LogP) is 4.51.